The van der Waals surface area contributed by atoms with Crippen LogP contribution in [-0.4, -0.2) is 0 Å². The molecule has 0 radical (unpaired) electrons. The second-order valence-corrected chi connectivity index (χ2v) is 3.77. The van der Waals surface area contributed by atoms with Crippen molar-refractivity contribution >= 4 is 23.2 Å². The van der Waals surface area contributed by atoms with Crippen molar-refractivity contribution in [3.05, 3.63) is 58.6 Å². The molecule has 0 aromatic heterocycles. The predicted molar refractivity (Wildman–Crippen MR) is 64.3 cm³/mol. The molecule has 0 atom stereocenters. The zero-order valence-electron chi connectivity index (χ0n) is 7.89. The Bertz CT molecular complexity index is 354. The Morgan fingerprint density at radius 1 is 1.07 bits per heavy atom. The third kappa shape index (κ3) is 2.40. The van der Waals surface area contributed by atoms with Crippen molar-refractivity contribution in [3.8, 4) is 0 Å². The number of halogens is 2. The van der Waals surface area contributed by atoms with Gasteiger partial charge in [-0.3, -0.25) is 0 Å². The van der Waals surface area contributed by atoms with Crippen LogP contribution in [0.25, 0.3) is 0 Å². The molecule has 74 valence electrons. The first kappa shape index (κ1) is 11.4. The predicted octanol–water partition coefficient (Wildman–Crippen LogP) is 4.45. The van der Waals surface area contributed by atoms with Crippen LogP contribution in [0.1, 0.15) is 11.1 Å². The van der Waals surface area contributed by atoms with E-state index in [9.17, 15) is 0 Å². The Labute approximate surface area is 94.8 Å². The molecule has 0 aliphatic heterocycles. The van der Waals surface area contributed by atoms with Crippen molar-refractivity contribution in [2.24, 2.45) is 0 Å². The first-order valence-corrected chi connectivity index (χ1v) is 5.13. The molecule has 0 fully saturated rings. The number of hydrogen-bond acceptors (Lipinski definition) is 0. The van der Waals surface area contributed by atoms with Crippen LogP contribution in [0.2, 0.25) is 10.0 Å². The highest BCUT2D eigenvalue weighted by molar-refractivity contribution is 6.36. The minimum Gasteiger partial charge on any atom is -0.103 e. The highest BCUT2D eigenvalue weighted by Gasteiger charge is 2.07. The summed E-state index contributed by atoms with van der Waals surface area (Å²) in [4.78, 5) is 0. The fourth-order valence-corrected chi connectivity index (χ4v) is 1.89. The maximum Gasteiger partial charge on any atom is 0.0491 e. The highest BCUT2D eigenvalue weighted by atomic mass is 35.5. The van der Waals surface area contributed by atoms with Gasteiger partial charge in [-0.2, -0.15) is 0 Å². The van der Waals surface area contributed by atoms with Gasteiger partial charge in [-0.15, -0.1) is 13.2 Å². The van der Waals surface area contributed by atoms with Gasteiger partial charge in [-0.25, -0.2) is 0 Å². The summed E-state index contributed by atoms with van der Waals surface area (Å²) in [5.74, 6) is 0. The first-order valence-electron chi connectivity index (χ1n) is 4.38. The lowest BCUT2D eigenvalue weighted by molar-refractivity contribution is 1.21. The van der Waals surface area contributed by atoms with Gasteiger partial charge in [-0.1, -0.05) is 41.4 Å². The van der Waals surface area contributed by atoms with Gasteiger partial charge in [0.2, 0.25) is 0 Å². The molecule has 0 spiro atoms. The van der Waals surface area contributed by atoms with Gasteiger partial charge in [0.15, 0.2) is 0 Å². The van der Waals surface area contributed by atoms with Crippen LogP contribution < -0.4 is 0 Å². The largest absolute Gasteiger partial charge is 0.103 e. The van der Waals surface area contributed by atoms with Gasteiger partial charge in [0, 0.05) is 10.0 Å². The molecular formula is C12H12Cl2. The van der Waals surface area contributed by atoms with Gasteiger partial charge in [0.05, 0.1) is 0 Å². The molecule has 0 amide bonds. The molecule has 2 heteroatoms. The van der Waals surface area contributed by atoms with E-state index in [-0.39, 0.29) is 0 Å². The van der Waals surface area contributed by atoms with Crippen molar-refractivity contribution in [2.75, 3.05) is 0 Å². The van der Waals surface area contributed by atoms with Crippen molar-refractivity contribution in [2.45, 2.75) is 12.8 Å². The van der Waals surface area contributed by atoms with E-state index in [0.29, 0.717) is 11.4 Å². The molecule has 0 saturated heterocycles. The summed E-state index contributed by atoms with van der Waals surface area (Å²) in [6.07, 6.45) is 5.08. The van der Waals surface area contributed by atoms with E-state index in [4.69, 9.17) is 23.2 Å². The van der Waals surface area contributed by atoms with E-state index in [2.05, 4.69) is 13.2 Å². The minimum absolute atomic E-state index is 0.697. The average Bonchev–Trinajstić information content (AvgIpc) is 2.17. The summed E-state index contributed by atoms with van der Waals surface area (Å²) < 4.78 is 0. The molecule has 1 rings (SSSR count). The molecule has 14 heavy (non-hydrogen) atoms. The fourth-order valence-electron chi connectivity index (χ4n) is 1.29. The summed E-state index contributed by atoms with van der Waals surface area (Å²) >= 11 is 12.2. The molecule has 0 nitrogen and oxygen atoms in total. The van der Waals surface area contributed by atoms with E-state index in [0.717, 1.165) is 22.6 Å². The van der Waals surface area contributed by atoms with Crippen LogP contribution in [0, 0.1) is 0 Å². The quantitative estimate of drug-likeness (QED) is 0.666. The monoisotopic (exact) mass is 226 g/mol. The van der Waals surface area contributed by atoms with Crippen molar-refractivity contribution in [1.29, 1.82) is 0 Å². The van der Waals surface area contributed by atoms with Crippen molar-refractivity contribution in [1.82, 2.24) is 0 Å². The van der Waals surface area contributed by atoms with E-state index in [1.807, 2.05) is 18.2 Å². The summed E-state index contributed by atoms with van der Waals surface area (Å²) in [5.41, 5.74) is 2.01. The molecule has 0 saturated carbocycles. The van der Waals surface area contributed by atoms with E-state index >= 15 is 0 Å². The van der Waals surface area contributed by atoms with Gasteiger partial charge >= 0.3 is 0 Å². The maximum absolute atomic E-state index is 6.19. The maximum atomic E-state index is 6.19. The lowest BCUT2D eigenvalue weighted by Gasteiger charge is -2.08. The summed E-state index contributed by atoms with van der Waals surface area (Å²) in [5, 5.41) is 1.43. The first-order chi connectivity index (χ1) is 6.70. The lowest BCUT2D eigenvalue weighted by atomic mass is 10.1. The normalized spacial score (nSPS) is 9.86. The zero-order chi connectivity index (χ0) is 10.6. The van der Waals surface area contributed by atoms with Crippen molar-refractivity contribution < 1.29 is 0 Å². The number of benzene rings is 1. The molecular weight excluding hydrogens is 215 g/mol. The van der Waals surface area contributed by atoms with Gasteiger partial charge in [0.1, 0.15) is 0 Å². The fraction of sp³-hybridized carbons (Fsp3) is 0.167. The van der Waals surface area contributed by atoms with E-state index < -0.39 is 0 Å². The Kier molecular flexibility index (Phi) is 4.24. The standard InChI is InChI=1S/C12H12Cl2/c1-3-5-9-7-8-11(13)10(6-4-2)12(9)14/h3-4,7-8H,1-2,5-6H2. The van der Waals surface area contributed by atoms with Crippen LogP contribution in [0.4, 0.5) is 0 Å². The van der Waals surface area contributed by atoms with E-state index in [1.54, 1.807) is 6.08 Å². The van der Waals surface area contributed by atoms with Crippen LogP contribution in [0.5, 0.6) is 0 Å². The summed E-state index contributed by atoms with van der Waals surface area (Å²) in [7, 11) is 0. The average molecular weight is 227 g/mol. The van der Waals surface area contributed by atoms with Crippen LogP contribution >= 0.6 is 23.2 Å². The van der Waals surface area contributed by atoms with Crippen LogP contribution in [-0.2, 0) is 12.8 Å². The third-order valence-electron chi connectivity index (χ3n) is 1.98. The highest BCUT2D eigenvalue weighted by Crippen LogP contribution is 2.29. The number of allylic oxidation sites excluding steroid dienone is 2. The molecule has 0 aliphatic rings. The smallest absolute Gasteiger partial charge is 0.0491 e. The number of hydrogen-bond donors (Lipinski definition) is 0. The van der Waals surface area contributed by atoms with Gasteiger partial charge in [0.25, 0.3) is 0 Å². The molecule has 1 aromatic rings. The third-order valence-corrected chi connectivity index (χ3v) is 2.80. The Hall–Kier alpha value is -0.720. The van der Waals surface area contributed by atoms with Crippen molar-refractivity contribution in [3.63, 3.8) is 0 Å². The summed E-state index contributed by atoms with van der Waals surface area (Å²) in [6.45, 7) is 7.36. The Morgan fingerprint density at radius 3 is 2.29 bits per heavy atom. The second-order valence-electron chi connectivity index (χ2n) is 2.98. The molecule has 1 aromatic carbocycles. The zero-order valence-corrected chi connectivity index (χ0v) is 9.41. The van der Waals surface area contributed by atoms with Gasteiger partial charge < -0.3 is 0 Å². The SMILES string of the molecule is C=CCc1ccc(Cl)c(CC=C)c1Cl. The summed E-state index contributed by atoms with van der Waals surface area (Å²) in [6, 6.07) is 3.80. The molecule has 0 heterocycles. The lowest BCUT2D eigenvalue weighted by Crippen LogP contribution is -1.91. The molecule has 0 unspecified atom stereocenters. The number of rotatable bonds is 4. The van der Waals surface area contributed by atoms with Crippen LogP contribution in [0.15, 0.2) is 37.4 Å². The second kappa shape index (κ2) is 5.23. The Balaban J connectivity index is 3.17. The molecule has 0 aliphatic carbocycles. The van der Waals surface area contributed by atoms with Crippen LogP contribution in [0.3, 0.4) is 0 Å². The van der Waals surface area contributed by atoms with E-state index in [1.165, 1.54) is 0 Å². The Morgan fingerprint density at radius 2 is 1.71 bits per heavy atom. The molecule has 0 bridgehead atoms. The molecule has 0 N–H and O–H groups in total. The minimum atomic E-state index is 0.697. The van der Waals surface area contributed by atoms with Gasteiger partial charge in [-0.05, 0) is 30.0 Å². The topological polar surface area (TPSA) is 0 Å².